The molecule has 0 unspecified atom stereocenters. The van der Waals surface area contributed by atoms with Crippen LogP contribution in [0.25, 0.3) is 0 Å². The van der Waals surface area contributed by atoms with Crippen LogP contribution in [0.5, 0.6) is 28.7 Å². The van der Waals surface area contributed by atoms with Crippen molar-refractivity contribution in [2.45, 2.75) is 101 Å². The van der Waals surface area contributed by atoms with E-state index in [1.54, 1.807) is 18.2 Å². The summed E-state index contributed by atoms with van der Waals surface area (Å²) in [4.78, 5) is 0. The Morgan fingerprint density at radius 1 is 0.893 bits per heavy atom. The Labute approximate surface area is 339 Å². The summed E-state index contributed by atoms with van der Waals surface area (Å²) in [6, 6.07) is 6.82. The Kier molecular flexibility index (Phi) is 17.6. The molecule has 2 aliphatic carbocycles. The normalized spacial score (nSPS) is 30.4. The van der Waals surface area contributed by atoms with Gasteiger partial charge in [-0.3, -0.25) is 0 Å². The molecule has 1 heterocycles. The number of aryl methyl sites for hydroxylation is 1. The van der Waals surface area contributed by atoms with Gasteiger partial charge in [-0.15, -0.1) is 0 Å². The molecule has 1 fully saturated rings. The van der Waals surface area contributed by atoms with Gasteiger partial charge in [0.05, 0.1) is 31.5 Å². The van der Waals surface area contributed by atoms with Gasteiger partial charge in [0.2, 0.25) is 5.75 Å². The van der Waals surface area contributed by atoms with Crippen molar-refractivity contribution in [3.8, 4) is 28.7 Å². The average molecular weight is 822 g/mol. The number of rotatable bonds is 14. The second-order valence-corrected chi connectivity index (χ2v) is 18.3. The molecule has 0 saturated heterocycles. The molecular weight excluding hydrogens is 759 g/mol. The lowest BCUT2D eigenvalue weighted by molar-refractivity contribution is -0.0808. The Morgan fingerprint density at radius 3 is 2.41 bits per heavy atom. The van der Waals surface area contributed by atoms with Crippen molar-refractivity contribution in [1.82, 2.24) is 5.32 Å². The molecule has 3 aliphatic rings. The number of hydrogen-bond acceptors (Lipinski definition) is 14. The van der Waals surface area contributed by atoms with Gasteiger partial charge in [0, 0.05) is 23.5 Å². The minimum Gasteiger partial charge on any atom is -0.504 e. The van der Waals surface area contributed by atoms with E-state index in [1.165, 1.54) is 35.1 Å². The fourth-order valence-corrected chi connectivity index (χ4v) is 11.8. The highest BCUT2D eigenvalue weighted by Gasteiger charge is 2.37. The van der Waals surface area contributed by atoms with E-state index >= 15 is 0 Å². The van der Waals surface area contributed by atoms with Crippen LogP contribution >= 0.6 is 21.6 Å². The molecule has 8 N–H and O–H groups in total. The number of allylic oxidation sites excluding steroid dienone is 2. The van der Waals surface area contributed by atoms with Crippen LogP contribution in [0.2, 0.25) is 0 Å². The van der Waals surface area contributed by atoms with Crippen molar-refractivity contribution in [1.29, 1.82) is 0 Å². The number of phenolic OH excluding ortho intramolecular Hbond substituents is 2. The summed E-state index contributed by atoms with van der Waals surface area (Å²) in [7, 11) is 6.34. The van der Waals surface area contributed by atoms with E-state index < -0.39 is 37.8 Å². The molecular formula is C42H63NO11S2. The standard InChI is InChI=1S/C42H63NO11S2/c1-25-5-4-6-27(13-25)32-18-31(10-8-29(32)21-43-2)54-38-17-28-7-9-30(52-23-45)19-35(47)34(14-26-15-39(51-3)42(50)40(16-26)53-24-46)37(49)22-55-56-41(11-12-44)33(28)20-36(38)48/h4,6,15-17,20,25,27,29-32,34-35,37,41,43-50H,5,7-14,18-19,21-24H2,1-3H3/t25-,27-,29-,30-,31+,32-,34-,35+,37-,41-/m0/s1. The third-order valence-electron chi connectivity index (χ3n) is 11.8. The van der Waals surface area contributed by atoms with Crippen LogP contribution < -0.4 is 19.5 Å². The number of benzene rings is 2. The molecule has 0 spiro atoms. The van der Waals surface area contributed by atoms with Gasteiger partial charge in [0.15, 0.2) is 29.8 Å². The molecule has 2 aromatic carbocycles. The van der Waals surface area contributed by atoms with Gasteiger partial charge >= 0.3 is 0 Å². The average Bonchev–Trinajstić information content (AvgIpc) is 3.18. The number of aliphatic hydroxyl groups excluding tert-OH is 5. The van der Waals surface area contributed by atoms with Crippen LogP contribution in [0.4, 0.5) is 0 Å². The maximum atomic E-state index is 11.7. The number of aromatic hydroxyl groups is 2. The van der Waals surface area contributed by atoms with Crippen LogP contribution in [-0.4, -0.2) is 107 Å². The van der Waals surface area contributed by atoms with E-state index in [2.05, 4.69) is 24.4 Å². The molecule has 14 heteroatoms. The lowest BCUT2D eigenvalue weighted by Crippen LogP contribution is -2.39. The number of methoxy groups -OCH3 is 1. The fourth-order valence-electron chi connectivity index (χ4n) is 8.95. The van der Waals surface area contributed by atoms with E-state index in [0.29, 0.717) is 54.2 Å². The van der Waals surface area contributed by atoms with E-state index in [9.17, 15) is 35.7 Å². The van der Waals surface area contributed by atoms with Gasteiger partial charge in [0.1, 0.15) is 6.79 Å². The van der Waals surface area contributed by atoms with Crippen molar-refractivity contribution in [3.63, 3.8) is 0 Å². The fraction of sp³-hybridized carbons (Fsp3) is 0.667. The minimum absolute atomic E-state index is 0.00963. The second-order valence-electron chi connectivity index (χ2n) is 15.7. The first-order valence-corrected chi connectivity index (χ1v) is 22.4. The van der Waals surface area contributed by atoms with Gasteiger partial charge in [-0.25, -0.2) is 0 Å². The highest BCUT2D eigenvalue weighted by molar-refractivity contribution is 8.76. The molecule has 2 aromatic rings. The highest BCUT2D eigenvalue weighted by Crippen LogP contribution is 2.48. The summed E-state index contributed by atoms with van der Waals surface area (Å²) < 4.78 is 23.0. The van der Waals surface area contributed by atoms with E-state index in [4.69, 9.17) is 18.9 Å². The summed E-state index contributed by atoms with van der Waals surface area (Å²) in [5, 5.41) is 77.8. The van der Waals surface area contributed by atoms with Gasteiger partial charge in [-0.1, -0.05) is 40.7 Å². The number of phenols is 2. The van der Waals surface area contributed by atoms with Crippen LogP contribution in [0.1, 0.15) is 80.2 Å². The molecule has 10 atom stereocenters. The molecule has 314 valence electrons. The highest BCUT2D eigenvalue weighted by atomic mass is 33.1. The van der Waals surface area contributed by atoms with Crippen molar-refractivity contribution < 1.29 is 54.7 Å². The van der Waals surface area contributed by atoms with Gasteiger partial charge in [-0.05, 0) is 142 Å². The summed E-state index contributed by atoms with van der Waals surface area (Å²) in [5.41, 5.74) is 2.39. The summed E-state index contributed by atoms with van der Waals surface area (Å²) in [5.74, 6) is 2.09. The van der Waals surface area contributed by atoms with Crippen LogP contribution in [0.15, 0.2) is 36.4 Å². The first-order valence-electron chi connectivity index (χ1n) is 20.0. The largest absolute Gasteiger partial charge is 0.504 e. The van der Waals surface area contributed by atoms with Crippen molar-refractivity contribution >= 4 is 21.6 Å². The number of aliphatic hydroxyl groups is 5. The zero-order valence-electron chi connectivity index (χ0n) is 32.9. The lowest BCUT2D eigenvalue weighted by Gasteiger charge is -2.41. The van der Waals surface area contributed by atoms with Crippen molar-refractivity contribution in [2.24, 2.45) is 29.6 Å². The lowest BCUT2D eigenvalue weighted by atomic mass is 9.67. The molecule has 12 nitrogen and oxygen atoms in total. The summed E-state index contributed by atoms with van der Waals surface area (Å²) >= 11 is 0. The SMILES string of the molecule is CNC[C@@H]1CC[C@@H](Oc2cc3c(cc2O)[C@H](CCO)SSC[C@H](O)[C@@H](Cc2cc(OC)c(O)c(OCO)c2)[C@H](O)C[C@@H](OCO)CC3)C[C@H]1[C@H]1C=CC[C@H](C)C1. The van der Waals surface area contributed by atoms with Gasteiger partial charge in [0.25, 0.3) is 0 Å². The third kappa shape index (κ3) is 11.8. The minimum atomic E-state index is -1.05. The molecule has 0 amide bonds. The molecule has 56 heavy (non-hydrogen) atoms. The molecule has 1 aliphatic heterocycles. The van der Waals surface area contributed by atoms with Gasteiger partial charge in [-0.2, -0.15) is 0 Å². The quantitative estimate of drug-likeness (QED) is 0.0680. The zero-order valence-corrected chi connectivity index (χ0v) is 34.6. The predicted octanol–water partition coefficient (Wildman–Crippen LogP) is 5.48. The van der Waals surface area contributed by atoms with Gasteiger partial charge < -0.3 is 60.0 Å². The maximum Gasteiger partial charge on any atom is 0.200 e. The monoisotopic (exact) mass is 821 g/mol. The molecule has 0 aromatic heterocycles. The first-order chi connectivity index (χ1) is 27.1. The second kappa shape index (κ2) is 22.1. The van der Waals surface area contributed by atoms with E-state index in [1.807, 2.05) is 13.1 Å². The van der Waals surface area contributed by atoms with Crippen molar-refractivity contribution in [2.75, 3.05) is 46.6 Å². The smallest absolute Gasteiger partial charge is 0.200 e. The Hall–Kier alpha value is -2.40. The third-order valence-corrected chi connectivity index (χ3v) is 14.7. The Morgan fingerprint density at radius 2 is 1.70 bits per heavy atom. The predicted molar refractivity (Wildman–Crippen MR) is 219 cm³/mol. The van der Waals surface area contributed by atoms with Crippen LogP contribution in [0.3, 0.4) is 0 Å². The Bertz CT molecular complexity index is 1550. The molecule has 0 bridgehead atoms. The topological polar surface area (TPSA) is 191 Å². The molecule has 5 rings (SSSR count). The Balaban J connectivity index is 1.40. The number of fused-ring (bicyclic) bond motifs is 1. The zero-order chi connectivity index (χ0) is 40.2. The first kappa shape index (κ1) is 44.7. The maximum absolute atomic E-state index is 11.7. The van der Waals surface area contributed by atoms with E-state index in [0.717, 1.165) is 43.4 Å². The molecule has 0 radical (unpaired) electrons. The number of hydrogen-bond donors (Lipinski definition) is 8. The van der Waals surface area contributed by atoms with E-state index in [-0.39, 0.29) is 59.6 Å². The number of ether oxygens (including phenoxy) is 4. The van der Waals surface area contributed by atoms with Crippen molar-refractivity contribution in [3.05, 3.63) is 53.1 Å². The number of nitrogens with one attached hydrogen (secondary N) is 1. The summed E-state index contributed by atoms with van der Waals surface area (Å²) in [6.45, 7) is 2.00. The van der Waals surface area contributed by atoms with Crippen LogP contribution in [-0.2, 0) is 17.6 Å². The molecule has 1 saturated carbocycles. The van der Waals surface area contributed by atoms with Crippen LogP contribution in [0, 0.1) is 29.6 Å². The summed E-state index contributed by atoms with van der Waals surface area (Å²) in [6.07, 6.45) is 8.85.